The fourth-order valence-corrected chi connectivity index (χ4v) is 2.45. The van der Waals surface area contributed by atoms with Gasteiger partial charge in [-0.2, -0.15) is 0 Å². The van der Waals surface area contributed by atoms with Crippen molar-refractivity contribution in [3.05, 3.63) is 35.9 Å². The minimum Gasteiger partial charge on any atom is -0.396 e. The number of ether oxygens (including phenoxy) is 1. The smallest absolute Gasteiger partial charge is 0.244 e. The molecule has 1 saturated heterocycles. The van der Waals surface area contributed by atoms with Crippen molar-refractivity contribution in [1.29, 1.82) is 0 Å². The van der Waals surface area contributed by atoms with Gasteiger partial charge in [0, 0.05) is 38.0 Å². The summed E-state index contributed by atoms with van der Waals surface area (Å²) in [6, 6.07) is 8.18. The second kappa shape index (κ2) is 9.33. The minimum absolute atomic E-state index is 0.105. The van der Waals surface area contributed by atoms with E-state index in [1.54, 1.807) is 6.08 Å². The van der Waals surface area contributed by atoms with Crippen LogP contribution in [-0.2, 0) is 9.53 Å². The van der Waals surface area contributed by atoms with Crippen molar-refractivity contribution in [3.8, 4) is 0 Å². The maximum Gasteiger partial charge on any atom is 0.244 e. The molecule has 0 radical (unpaired) electrons. The van der Waals surface area contributed by atoms with E-state index in [1.165, 1.54) is 5.69 Å². The Morgan fingerprint density at radius 3 is 2.70 bits per heavy atom. The van der Waals surface area contributed by atoms with Gasteiger partial charge in [-0.25, -0.2) is 0 Å². The summed E-state index contributed by atoms with van der Waals surface area (Å²) in [5.74, 6) is 0.178. The highest BCUT2D eigenvalue weighted by molar-refractivity contribution is 5.91. The number of aliphatic hydroxyl groups is 1. The molecule has 23 heavy (non-hydrogen) atoms. The number of hydrogen-bond donors (Lipinski definition) is 2. The SMILES string of the molecule is CC(CCO)CNC(=O)/C=C/c1ccc(N2CCOCC2)cc1. The molecular weight excluding hydrogens is 292 g/mol. The Kier molecular flexibility index (Phi) is 7.10. The normalized spacial score (nSPS) is 16.5. The van der Waals surface area contributed by atoms with Crippen molar-refractivity contribution in [3.63, 3.8) is 0 Å². The second-order valence-corrected chi connectivity index (χ2v) is 5.89. The number of nitrogens with one attached hydrogen (secondary N) is 1. The molecule has 1 aliphatic heterocycles. The molecule has 1 aliphatic rings. The lowest BCUT2D eigenvalue weighted by Gasteiger charge is -2.28. The third-order valence-corrected chi connectivity index (χ3v) is 3.94. The van der Waals surface area contributed by atoms with Crippen molar-refractivity contribution < 1.29 is 14.6 Å². The predicted octanol–water partition coefficient (Wildman–Crippen LogP) is 1.67. The van der Waals surface area contributed by atoms with Crippen LogP contribution in [0.5, 0.6) is 0 Å². The molecule has 5 nitrogen and oxygen atoms in total. The first-order valence-electron chi connectivity index (χ1n) is 8.18. The van der Waals surface area contributed by atoms with Crippen molar-refractivity contribution in [1.82, 2.24) is 5.32 Å². The maximum atomic E-state index is 11.8. The van der Waals surface area contributed by atoms with Gasteiger partial charge in [0.25, 0.3) is 0 Å². The molecule has 0 spiro atoms. The van der Waals surface area contributed by atoms with E-state index in [0.29, 0.717) is 13.0 Å². The summed E-state index contributed by atoms with van der Waals surface area (Å²) >= 11 is 0. The van der Waals surface area contributed by atoms with E-state index in [0.717, 1.165) is 31.9 Å². The largest absolute Gasteiger partial charge is 0.396 e. The Balaban J connectivity index is 1.81. The van der Waals surface area contributed by atoms with Gasteiger partial charge in [-0.1, -0.05) is 19.1 Å². The van der Waals surface area contributed by atoms with Crippen molar-refractivity contribution in [2.45, 2.75) is 13.3 Å². The third-order valence-electron chi connectivity index (χ3n) is 3.94. The third kappa shape index (κ3) is 6.04. The first-order valence-corrected chi connectivity index (χ1v) is 8.18. The second-order valence-electron chi connectivity index (χ2n) is 5.89. The molecule has 0 saturated carbocycles. The van der Waals surface area contributed by atoms with E-state index in [4.69, 9.17) is 9.84 Å². The number of carbonyl (C=O) groups excluding carboxylic acids is 1. The molecule has 1 atom stereocenters. The Morgan fingerprint density at radius 2 is 2.04 bits per heavy atom. The number of benzene rings is 1. The summed E-state index contributed by atoms with van der Waals surface area (Å²) in [7, 11) is 0. The van der Waals surface area contributed by atoms with Gasteiger partial charge in [-0.3, -0.25) is 4.79 Å². The van der Waals surface area contributed by atoms with Gasteiger partial charge in [-0.15, -0.1) is 0 Å². The Morgan fingerprint density at radius 1 is 1.35 bits per heavy atom. The summed E-state index contributed by atoms with van der Waals surface area (Å²) in [6.45, 7) is 6.13. The molecule has 1 fully saturated rings. The van der Waals surface area contributed by atoms with Gasteiger partial charge in [-0.05, 0) is 36.1 Å². The Labute approximate surface area is 137 Å². The first kappa shape index (κ1) is 17.5. The van der Waals surface area contributed by atoms with Crippen LogP contribution in [0.15, 0.2) is 30.3 Å². The molecule has 0 bridgehead atoms. The Hall–Kier alpha value is -1.85. The molecule has 0 aromatic heterocycles. The van der Waals surface area contributed by atoms with Gasteiger partial charge >= 0.3 is 0 Å². The zero-order valence-electron chi connectivity index (χ0n) is 13.7. The van der Waals surface area contributed by atoms with Crippen LogP contribution in [0.1, 0.15) is 18.9 Å². The van der Waals surface area contributed by atoms with Crippen molar-refractivity contribution >= 4 is 17.7 Å². The summed E-state index contributed by atoms with van der Waals surface area (Å²) < 4.78 is 5.35. The van der Waals surface area contributed by atoms with E-state index in [9.17, 15) is 4.79 Å². The molecule has 5 heteroatoms. The lowest BCUT2D eigenvalue weighted by atomic mass is 10.1. The molecule has 1 unspecified atom stereocenters. The predicted molar refractivity (Wildman–Crippen MR) is 92.4 cm³/mol. The lowest BCUT2D eigenvalue weighted by Crippen LogP contribution is -2.36. The summed E-state index contributed by atoms with van der Waals surface area (Å²) in [6.07, 6.45) is 4.07. The number of rotatable bonds is 7. The molecule has 126 valence electrons. The number of aliphatic hydroxyl groups excluding tert-OH is 1. The number of morpholine rings is 1. The molecule has 1 heterocycles. The van der Waals surface area contributed by atoms with Gasteiger partial charge in [0.2, 0.25) is 5.91 Å². The van der Waals surface area contributed by atoms with Gasteiger partial charge in [0.15, 0.2) is 0 Å². The molecule has 2 rings (SSSR count). The van der Waals surface area contributed by atoms with Crippen LogP contribution in [0, 0.1) is 5.92 Å². The fourth-order valence-electron chi connectivity index (χ4n) is 2.45. The van der Waals surface area contributed by atoms with Crippen LogP contribution >= 0.6 is 0 Å². The average Bonchev–Trinajstić information content (AvgIpc) is 2.59. The highest BCUT2D eigenvalue weighted by Crippen LogP contribution is 2.17. The van der Waals surface area contributed by atoms with E-state index in [2.05, 4.69) is 22.3 Å². The molecule has 1 amide bonds. The number of carbonyl (C=O) groups is 1. The Bertz CT molecular complexity index is 508. The summed E-state index contributed by atoms with van der Waals surface area (Å²) in [4.78, 5) is 14.1. The number of anilines is 1. The van der Waals surface area contributed by atoms with E-state index in [-0.39, 0.29) is 18.4 Å². The molecule has 1 aromatic carbocycles. The first-order chi connectivity index (χ1) is 11.2. The standard InChI is InChI=1S/C18H26N2O3/c1-15(8-11-21)14-19-18(22)7-4-16-2-5-17(6-3-16)20-9-12-23-13-10-20/h2-7,15,21H,8-14H2,1H3,(H,19,22)/b7-4+. The van der Waals surface area contributed by atoms with Crippen LogP contribution in [0.3, 0.4) is 0 Å². The zero-order valence-corrected chi connectivity index (χ0v) is 13.7. The monoisotopic (exact) mass is 318 g/mol. The number of hydrogen-bond acceptors (Lipinski definition) is 4. The van der Waals surface area contributed by atoms with E-state index in [1.807, 2.05) is 25.1 Å². The average molecular weight is 318 g/mol. The number of nitrogens with zero attached hydrogens (tertiary/aromatic N) is 1. The highest BCUT2D eigenvalue weighted by atomic mass is 16.5. The number of amides is 1. The maximum absolute atomic E-state index is 11.8. The molecule has 0 aliphatic carbocycles. The quantitative estimate of drug-likeness (QED) is 0.751. The van der Waals surface area contributed by atoms with E-state index < -0.39 is 0 Å². The summed E-state index contributed by atoms with van der Waals surface area (Å²) in [5.41, 5.74) is 2.19. The fraction of sp³-hybridized carbons (Fsp3) is 0.500. The van der Waals surface area contributed by atoms with Crippen LogP contribution in [-0.4, -0.2) is 50.5 Å². The summed E-state index contributed by atoms with van der Waals surface area (Å²) in [5, 5.41) is 11.7. The van der Waals surface area contributed by atoms with E-state index >= 15 is 0 Å². The van der Waals surface area contributed by atoms with Gasteiger partial charge in [0.05, 0.1) is 13.2 Å². The van der Waals surface area contributed by atoms with Crippen LogP contribution < -0.4 is 10.2 Å². The zero-order chi connectivity index (χ0) is 16.5. The van der Waals surface area contributed by atoms with Gasteiger partial charge < -0.3 is 20.1 Å². The topological polar surface area (TPSA) is 61.8 Å². The van der Waals surface area contributed by atoms with Crippen LogP contribution in [0.2, 0.25) is 0 Å². The van der Waals surface area contributed by atoms with Gasteiger partial charge in [0.1, 0.15) is 0 Å². The van der Waals surface area contributed by atoms with Crippen molar-refractivity contribution in [2.24, 2.45) is 5.92 Å². The molecular formula is C18H26N2O3. The minimum atomic E-state index is -0.105. The highest BCUT2D eigenvalue weighted by Gasteiger charge is 2.10. The van der Waals surface area contributed by atoms with Crippen LogP contribution in [0.25, 0.3) is 6.08 Å². The van der Waals surface area contributed by atoms with Crippen molar-refractivity contribution in [2.75, 3.05) is 44.4 Å². The molecule has 1 aromatic rings. The molecule has 2 N–H and O–H groups in total. The lowest BCUT2D eigenvalue weighted by molar-refractivity contribution is -0.116. The van der Waals surface area contributed by atoms with Crippen LogP contribution in [0.4, 0.5) is 5.69 Å².